The van der Waals surface area contributed by atoms with Gasteiger partial charge in [-0.2, -0.15) is 0 Å². The fraction of sp³-hybridized carbons (Fsp3) is 0.217. The predicted octanol–water partition coefficient (Wildman–Crippen LogP) is 8.24. The maximum atomic E-state index is 14.5. The van der Waals surface area contributed by atoms with Crippen molar-refractivity contribution < 1.29 is 4.79 Å². The van der Waals surface area contributed by atoms with Gasteiger partial charge in [-0.1, -0.05) is 147 Å². The number of fused-ring (bicyclic) bond motifs is 1. The van der Waals surface area contributed by atoms with Crippen molar-refractivity contribution in [2.75, 3.05) is 5.32 Å². The Kier molecular flexibility index (Phi) is 8.98. The highest BCUT2D eigenvalue weighted by Crippen LogP contribution is 2.45. The summed E-state index contributed by atoms with van der Waals surface area (Å²) in [4.78, 5) is 32.5. The number of aromatic nitrogens is 6. The topological polar surface area (TPSA) is 108 Å². The van der Waals surface area contributed by atoms with Crippen molar-refractivity contribution in [3.63, 3.8) is 0 Å². The van der Waals surface area contributed by atoms with Crippen LogP contribution in [0.4, 0.5) is 5.95 Å². The number of carbonyl (C=O) groups is 1. The molecular weight excluding hydrogens is 683 g/mol. The van der Waals surface area contributed by atoms with Crippen molar-refractivity contribution in [3.05, 3.63) is 183 Å². The summed E-state index contributed by atoms with van der Waals surface area (Å²) in [6.45, 7) is 2.13. The molecule has 1 saturated carbocycles. The molecule has 9 heteroatoms. The Morgan fingerprint density at radius 3 is 1.93 bits per heavy atom. The number of hydrogen-bond acceptors (Lipinski definition) is 6. The second-order valence-electron chi connectivity index (χ2n) is 14.6. The zero-order valence-corrected chi connectivity index (χ0v) is 30.7. The van der Waals surface area contributed by atoms with E-state index in [4.69, 9.17) is 15.3 Å². The van der Waals surface area contributed by atoms with Gasteiger partial charge in [0.1, 0.15) is 11.6 Å². The van der Waals surface area contributed by atoms with Gasteiger partial charge in [-0.05, 0) is 81.5 Å². The number of hydrogen-bond donors (Lipinski definition) is 1. The lowest BCUT2D eigenvalue weighted by Crippen LogP contribution is -2.39. The molecule has 1 amide bonds. The maximum Gasteiger partial charge on any atom is 0.259 e. The molecule has 2 aliphatic rings. The van der Waals surface area contributed by atoms with E-state index in [1.54, 1.807) is 4.57 Å². The van der Waals surface area contributed by atoms with Gasteiger partial charge >= 0.3 is 0 Å². The number of tetrazole rings is 1. The Bertz CT molecular complexity index is 2430. The summed E-state index contributed by atoms with van der Waals surface area (Å²) < 4.78 is 3.58. The van der Waals surface area contributed by atoms with Crippen LogP contribution in [0, 0.1) is 5.92 Å². The highest BCUT2D eigenvalue weighted by molar-refractivity contribution is 5.96. The standard InChI is InChI=1S/C46H41N7O2/c1-2-3-24-40-39(44(55)52-41(33-26-27-33)43(54)48-45(52)47-40)30-31-25-28-37(32-16-8-4-9-17-32)38(29-31)42-49-50-51-53(42)46(34-18-10-5-11-19-34,35-20-12-6-13-21-35)36-22-14-7-15-23-36/h4-23,25,28-29,33,41H,2-3,24,26-27,30H2,1H3,(H,47,48,54). The second-order valence-corrected chi connectivity index (χ2v) is 14.6. The molecule has 0 saturated heterocycles. The third-order valence-corrected chi connectivity index (χ3v) is 11.1. The van der Waals surface area contributed by atoms with Gasteiger partial charge in [0.05, 0.1) is 5.69 Å². The molecule has 7 aromatic rings. The van der Waals surface area contributed by atoms with E-state index in [2.05, 4.69) is 84.2 Å². The van der Waals surface area contributed by atoms with Crippen LogP contribution in [0.5, 0.6) is 0 Å². The summed E-state index contributed by atoms with van der Waals surface area (Å²) in [5, 5.41) is 17.0. The molecular formula is C46H41N7O2. The van der Waals surface area contributed by atoms with E-state index in [1.165, 1.54) is 0 Å². The molecule has 1 unspecified atom stereocenters. The molecule has 2 aromatic heterocycles. The van der Waals surface area contributed by atoms with Crippen molar-refractivity contribution >= 4 is 11.9 Å². The molecule has 0 spiro atoms. The first kappa shape index (κ1) is 34.3. The van der Waals surface area contributed by atoms with Crippen LogP contribution in [0.3, 0.4) is 0 Å². The molecule has 9 nitrogen and oxygen atoms in total. The Morgan fingerprint density at radius 2 is 1.35 bits per heavy atom. The molecule has 9 rings (SSSR count). The number of aryl methyl sites for hydroxylation is 1. The average Bonchev–Trinajstić information content (AvgIpc) is 3.85. The molecule has 0 bridgehead atoms. The molecule has 1 N–H and O–H groups in total. The number of benzene rings is 5. The lowest BCUT2D eigenvalue weighted by atomic mass is 9.76. The van der Waals surface area contributed by atoms with E-state index in [1.807, 2.05) is 77.5 Å². The Morgan fingerprint density at radius 1 is 0.745 bits per heavy atom. The monoisotopic (exact) mass is 723 g/mol. The summed E-state index contributed by atoms with van der Waals surface area (Å²) in [6, 6.07) is 47.2. The molecule has 1 fully saturated rings. The van der Waals surface area contributed by atoms with Crippen molar-refractivity contribution in [1.82, 2.24) is 29.8 Å². The first-order valence-corrected chi connectivity index (χ1v) is 19.2. The minimum absolute atomic E-state index is 0.134. The van der Waals surface area contributed by atoms with E-state index in [-0.39, 0.29) is 17.4 Å². The van der Waals surface area contributed by atoms with Crippen molar-refractivity contribution in [2.24, 2.45) is 5.92 Å². The predicted molar refractivity (Wildman–Crippen MR) is 214 cm³/mol. The van der Waals surface area contributed by atoms with Crippen LogP contribution in [0.15, 0.2) is 144 Å². The molecule has 1 aliphatic heterocycles. The molecule has 5 aromatic carbocycles. The quantitative estimate of drug-likeness (QED) is 0.127. The van der Waals surface area contributed by atoms with E-state index in [0.717, 1.165) is 70.3 Å². The van der Waals surface area contributed by atoms with Crippen LogP contribution in [0.25, 0.3) is 22.5 Å². The molecule has 3 heterocycles. The lowest BCUT2D eigenvalue weighted by Gasteiger charge is -2.36. The minimum atomic E-state index is -0.944. The first-order valence-electron chi connectivity index (χ1n) is 19.2. The molecule has 1 aliphatic carbocycles. The summed E-state index contributed by atoms with van der Waals surface area (Å²) in [5.41, 5.74) is 7.03. The molecule has 0 radical (unpaired) electrons. The number of amides is 1. The number of rotatable bonds is 12. The average molecular weight is 724 g/mol. The third kappa shape index (κ3) is 6.06. The normalized spacial score (nSPS) is 15.1. The van der Waals surface area contributed by atoms with Gasteiger partial charge in [0, 0.05) is 17.5 Å². The van der Waals surface area contributed by atoms with Gasteiger partial charge in [-0.15, -0.1) is 5.10 Å². The van der Waals surface area contributed by atoms with Gasteiger partial charge < -0.3 is 0 Å². The number of anilines is 1. The Balaban J connectivity index is 1.26. The molecule has 55 heavy (non-hydrogen) atoms. The minimum Gasteiger partial charge on any atom is -0.294 e. The smallest absolute Gasteiger partial charge is 0.259 e. The van der Waals surface area contributed by atoms with Crippen LogP contribution in [-0.2, 0) is 23.2 Å². The zero-order valence-electron chi connectivity index (χ0n) is 30.7. The van der Waals surface area contributed by atoms with E-state index in [0.29, 0.717) is 30.2 Å². The van der Waals surface area contributed by atoms with Crippen molar-refractivity contribution in [3.8, 4) is 22.5 Å². The number of unbranched alkanes of at least 4 members (excludes halogenated alkanes) is 1. The first-order chi connectivity index (χ1) is 27.1. The fourth-order valence-corrected chi connectivity index (χ4v) is 8.27. The highest BCUT2D eigenvalue weighted by Gasteiger charge is 2.45. The lowest BCUT2D eigenvalue weighted by molar-refractivity contribution is -0.118. The highest BCUT2D eigenvalue weighted by atomic mass is 16.2. The van der Waals surface area contributed by atoms with Crippen LogP contribution < -0.4 is 10.9 Å². The van der Waals surface area contributed by atoms with Gasteiger partial charge in [0.25, 0.3) is 5.56 Å². The van der Waals surface area contributed by atoms with Gasteiger partial charge in [0.2, 0.25) is 11.9 Å². The van der Waals surface area contributed by atoms with Crippen LogP contribution in [0.1, 0.15) is 72.2 Å². The van der Waals surface area contributed by atoms with Gasteiger partial charge in [0.15, 0.2) is 5.82 Å². The van der Waals surface area contributed by atoms with Crippen molar-refractivity contribution in [2.45, 2.75) is 57.0 Å². The SMILES string of the molecule is CCCCc1nc2n(c(=O)c1Cc1ccc(-c3ccccc3)c(-c3nnnn3C(c3ccccc3)(c3ccccc3)c3ccccc3)c1)C(C1CC1)C(=O)N2. The maximum absolute atomic E-state index is 14.5. The second kappa shape index (κ2) is 14.4. The van der Waals surface area contributed by atoms with E-state index in [9.17, 15) is 9.59 Å². The number of carbonyl (C=O) groups excluding carboxylic acids is 1. The summed E-state index contributed by atoms with van der Waals surface area (Å²) >= 11 is 0. The van der Waals surface area contributed by atoms with Crippen LogP contribution in [-0.4, -0.2) is 35.7 Å². The van der Waals surface area contributed by atoms with Crippen LogP contribution in [0.2, 0.25) is 0 Å². The zero-order chi connectivity index (χ0) is 37.4. The van der Waals surface area contributed by atoms with Gasteiger partial charge in [-0.3, -0.25) is 19.5 Å². The summed E-state index contributed by atoms with van der Waals surface area (Å²) in [7, 11) is 0. The number of nitrogens with one attached hydrogen (secondary N) is 1. The van der Waals surface area contributed by atoms with E-state index >= 15 is 0 Å². The van der Waals surface area contributed by atoms with Crippen LogP contribution >= 0.6 is 0 Å². The molecule has 272 valence electrons. The largest absolute Gasteiger partial charge is 0.294 e. The Hall–Kier alpha value is -6.48. The summed E-state index contributed by atoms with van der Waals surface area (Å²) in [5.74, 6) is 0.992. The summed E-state index contributed by atoms with van der Waals surface area (Å²) in [6.07, 6.45) is 4.72. The number of nitrogens with zero attached hydrogens (tertiary/aromatic N) is 6. The molecule has 1 atom stereocenters. The van der Waals surface area contributed by atoms with Gasteiger partial charge in [-0.25, -0.2) is 9.67 Å². The van der Waals surface area contributed by atoms with E-state index < -0.39 is 11.6 Å². The Labute approximate surface area is 319 Å². The third-order valence-electron chi connectivity index (χ3n) is 11.1. The fourth-order valence-electron chi connectivity index (χ4n) is 8.27. The van der Waals surface area contributed by atoms with Crippen molar-refractivity contribution in [1.29, 1.82) is 0 Å².